The Morgan fingerprint density at radius 2 is 2.00 bits per heavy atom. The van der Waals surface area contributed by atoms with Gasteiger partial charge in [-0.3, -0.25) is 0 Å². The summed E-state index contributed by atoms with van der Waals surface area (Å²) in [7, 11) is 0. The summed E-state index contributed by atoms with van der Waals surface area (Å²) in [5, 5.41) is 19.4. The predicted molar refractivity (Wildman–Crippen MR) is 92.9 cm³/mol. The summed E-state index contributed by atoms with van der Waals surface area (Å²) < 4.78 is 5.53. The van der Waals surface area contributed by atoms with Crippen LogP contribution in [0.1, 0.15) is 17.3 Å². The zero-order valence-electron chi connectivity index (χ0n) is 12.9. The first-order chi connectivity index (χ1) is 11.5. The first-order valence-electron chi connectivity index (χ1n) is 7.41. The molecule has 0 aliphatic heterocycles. The fraction of sp³-hybridized carbons (Fsp3) is 0.167. The van der Waals surface area contributed by atoms with Crippen molar-refractivity contribution in [2.45, 2.75) is 13.0 Å². The van der Waals surface area contributed by atoms with Crippen LogP contribution in [0.15, 0.2) is 42.6 Å². The second-order valence-corrected chi connectivity index (χ2v) is 5.93. The molecular weight excluding hydrogens is 330 g/mol. The standard InChI is InChI=1S/C18H16ClNO4/c1-10(9-21)24-12-4-2-11(3-5-12)13-6-14-15(18(22)23)8-20-17(14)7-16(13)19/h2-8,10,20-21H,9H2,1H3,(H,22,23)/t10-/m1/s1. The number of aliphatic hydroxyl groups is 1. The molecule has 0 spiro atoms. The Morgan fingerprint density at radius 1 is 1.29 bits per heavy atom. The number of halogens is 1. The number of hydrogen-bond donors (Lipinski definition) is 3. The summed E-state index contributed by atoms with van der Waals surface area (Å²) >= 11 is 6.34. The van der Waals surface area contributed by atoms with E-state index in [0.29, 0.717) is 21.7 Å². The first-order valence-corrected chi connectivity index (χ1v) is 7.79. The zero-order valence-corrected chi connectivity index (χ0v) is 13.7. The van der Waals surface area contributed by atoms with Crippen molar-refractivity contribution in [1.82, 2.24) is 4.98 Å². The number of aliphatic hydroxyl groups excluding tert-OH is 1. The van der Waals surface area contributed by atoms with Crippen LogP contribution >= 0.6 is 11.6 Å². The van der Waals surface area contributed by atoms with E-state index in [4.69, 9.17) is 21.4 Å². The maximum Gasteiger partial charge on any atom is 0.337 e. The van der Waals surface area contributed by atoms with Crippen molar-refractivity contribution in [3.63, 3.8) is 0 Å². The normalized spacial score (nSPS) is 12.3. The summed E-state index contributed by atoms with van der Waals surface area (Å²) in [4.78, 5) is 14.2. The van der Waals surface area contributed by atoms with E-state index in [0.717, 1.165) is 11.1 Å². The van der Waals surface area contributed by atoms with Crippen molar-refractivity contribution in [2.24, 2.45) is 0 Å². The molecule has 3 aromatic rings. The number of carboxylic acid groups (broad SMARTS) is 1. The maximum absolute atomic E-state index is 11.3. The zero-order chi connectivity index (χ0) is 17.3. The Kier molecular flexibility index (Phi) is 4.46. The molecule has 6 heteroatoms. The van der Waals surface area contributed by atoms with Gasteiger partial charge in [-0.05, 0) is 36.8 Å². The van der Waals surface area contributed by atoms with Gasteiger partial charge in [0.25, 0.3) is 0 Å². The van der Waals surface area contributed by atoms with E-state index in [9.17, 15) is 9.90 Å². The number of aromatic nitrogens is 1. The molecule has 124 valence electrons. The number of fused-ring (bicyclic) bond motifs is 1. The van der Waals surface area contributed by atoms with Gasteiger partial charge in [0.05, 0.1) is 17.2 Å². The van der Waals surface area contributed by atoms with E-state index in [-0.39, 0.29) is 18.3 Å². The fourth-order valence-corrected chi connectivity index (χ4v) is 2.80. The van der Waals surface area contributed by atoms with Crippen LogP contribution in [0.25, 0.3) is 22.0 Å². The van der Waals surface area contributed by atoms with Crippen molar-refractivity contribution in [3.8, 4) is 16.9 Å². The summed E-state index contributed by atoms with van der Waals surface area (Å²) in [6.45, 7) is 1.72. The van der Waals surface area contributed by atoms with Crippen LogP contribution in [0.5, 0.6) is 5.75 Å². The lowest BCUT2D eigenvalue weighted by Gasteiger charge is -2.12. The molecule has 5 nitrogen and oxygen atoms in total. The van der Waals surface area contributed by atoms with Gasteiger partial charge in [0.15, 0.2) is 0 Å². The smallest absolute Gasteiger partial charge is 0.337 e. The van der Waals surface area contributed by atoms with E-state index in [2.05, 4.69) is 4.98 Å². The van der Waals surface area contributed by atoms with E-state index in [1.807, 2.05) is 12.1 Å². The molecule has 0 radical (unpaired) electrons. The fourth-order valence-electron chi connectivity index (χ4n) is 2.52. The minimum Gasteiger partial charge on any atom is -0.488 e. The van der Waals surface area contributed by atoms with Crippen molar-refractivity contribution in [1.29, 1.82) is 0 Å². The van der Waals surface area contributed by atoms with E-state index in [1.165, 1.54) is 6.20 Å². The lowest BCUT2D eigenvalue weighted by molar-refractivity contribution is 0.0699. The largest absolute Gasteiger partial charge is 0.488 e. The monoisotopic (exact) mass is 345 g/mol. The number of carboxylic acids is 1. The highest BCUT2D eigenvalue weighted by atomic mass is 35.5. The maximum atomic E-state index is 11.3. The number of ether oxygens (including phenoxy) is 1. The molecule has 3 N–H and O–H groups in total. The molecule has 0 saturated carbocycles. The first kappa shape index (κ1) is 16.4. The Bertz CT molecular complexity index is 886. The average molecular weight is 346 g/mol. The highest BCUT2D eigenvalue weighted by Gasteiger charge is 2.14. The topological polar surface area (TPSA) is 82.6 Å². The second-order valence-electron chi connectivity index (χ2n) is 5.52. The molecule has 0 saturated heterocycles. The summed E-state index contributed by atoms with van der Waals surface area (Å²) in [5.74, 6) is -0.346. The number of benzene rings is 2. The molecule has 1 heterocycles. The molecule has 0 aliphatic rings. The van der Waals surface area contributed by atoms with E-state index in [1.54, 1.807) is 31.2 Å². The third kappa shape index (κ3) is 3.09. The summed E-state index contributed by atoms with van der Waals surface area (Å²) in [6.07, 6.45) is 1.18. The van der Waals surface area contributed by atoms with Crippen LogP contribution in [-0.4, -0.2) is 33.9 Å². The van der Waals surface area contributed by atoms with Gasteiger partial charge in [-0.2, -0.15) is 0 Å². The van der Waals surface area contributed by atoms with Gasteiger partial charge in [-0.15, -0.1) is 0 Å². The molecular formula is C18H16ClNO4. The van der Waals surface area contributed by atoms with Crippen LogP contribution in [0.4, 0.5) is 0 Å². The highest BCUT2D eigenvalue weighted by Crippen LogP contribution is 2.34. The average Bonchev–Trinajstić information content (AvgIpc) is 2.97. The number of hydrogen-bond acceptors (Lipinski definition) is 3. The molecule has 0 amide bonds. The van der Waals surface area contributed by atoms with Crippen LogP contribution in [0.2, 0.25) is 5.02 Å². The molecule has 0 fully saturated rings. The predicted octanol–water partition coefficient (Wildman–Crippen LogP) is 3.95. The Hall–Kier alpha value is -2.50. The quantitative estimate of drug-likeness (QED) is 0.654. The van der Waals surface area contributed by atoms with Gasteiger partial charge in [-0.1, -0.05) is 23.7 Å². The molecule has 1 aromatic heterocycles. The number of rotatable bonds is 5. The minimum absolute atomic E-state index is 0.0598. The number of H-pyrrole nitrogens is 1. The number of carbonyl (C=O) groups is 1. The Labute approximate surface area is 143 Å². The second kappa shape index (κ2) is 6.55. The molecule has 1 atom stereocenters. The number of aromatic amines is 1. The van der Waals surface area contributed by atoms with Gasteiger partial charge in [0.1, 0.15) is 11.9 Å². The number of nitrogens with one attached hydrogen (secondary N) is 1. The number of aromatic carboxylic acids is 1. The molecule has 2 aromatic carbocycles. The van der Waals surface area contributed by atoms with Crippen molar-refractivity contribution < 1.29 is 19.7 Å². The molecule has 0 bridgehead atoms. The Morgan fingerprint density at radius 3 is 2.62 bits per heavy atom. The van der Waals surface area contributed by atoms with Crippen molar-refractivity contribution in [3.05, 3.63) is 53.2 Å². The van der Waals surface area contributed by atoms with Crippen LogP contribution in [0.3, 0.4) is 0 Å². The highest BCUT2D eigenvalue weighted by molar-refractivity contribution is 6.34. The van der Waals surface area contributed by atoms with E-state index < -0.39 is 5.97 Å². The summed E-state index contributed by atoms with van der Waals surface area (Å²) in [6, 6.07) is 10.8. The van der Waals surface area contributed by atoms with Gasteiger partial charge in [0, 0.05) is 22.7 Å². The van der Waals surface area contributed by atoms with Crippen molar-refractivity contribution >= 4 is 28.5 Å². The Balaban J connectivity index is 2.00. The SMILES string of the molecule is C[C@H](CO)Oc1ccc(-c2cc3c(C(=O)O)c[nH]c3cc2Cl)cc1. The molecule has 3 rings (SSSR count). The van der Waals surface area contributed by atoms with Crippen LogP contribution in [-0.2, 0) is 0 Å². The van der Waals surface area contributed by atoms with E-state index >= 15 is 0 Å². The lowest BCUT2D eigenvalue weighted by Crippen LogP contribution is -2.15. The lowest BCUT2D eigenvalue weighted by atomic mass is 10.0. The van der Waals surface area contributed by atoms with Gasteiger partial charge in [0.2, 0.25) is 0 Å². The molecule has 0 aliphatic carbocycles. The van der Waals surface area contributed by atoms with Crippen molar-refractivity contribution in [2.75, 3.05) is 6.61 Å². The van der Waals surface area contributed by atoms with Crippen LogP contribution in [0, 0.1) is 0 Å². The van der Waals surface area contributed by atoms with Crippen LogP contribution < -0.4 is 4.74 Å². The minimum atomic E-state index is -0.990. The molecule has 0 unspecified atom stereocenters. The molecule has 24 heavy (non-hydrogen) atoms. The summed E-state index contributed by atoms with van der Waals surface area (Å²) in [5.41, 5.74) is 2.48. The van der Waals surface area contributed by atoms with Gasteiger partial charge in [-0.25, -0.2) is 4.79 Å². The van der Waals surface area contributed by atoms with Gasteiger partial charge >= 0.3 is 5.97 Å². The third-order valence-electron chi connectivity index (χ3n) is 3.76. The third-order valence-corrected chi connectivity index (χ3v) is 4.07. The van der Waals surface area contributed by atoms with Gasteiger partial charge < -0.3 is 19.9 Å².